The lowest BCUT2D eigenvalue weighted by Crippen LogP contribution is -2.54. The molecule has 29 heavy (non-hydrogen) atoms. The van der Waals surface area contributed by atoms with E-state index < -0.39 is 35.3 Å². The third-order valence-electron chi connectivity index (χ3n) is 4.81. The van der Waals surface area contributed by atoms with Crippen molar-refractivity contribution in [2.75, 3.05) is 7.05 Å². The predicted octanol–water partition coefficient (Wildman–Crippen LogP) is 1.81. The molecule has 1 fully saturated rings. The number of ether oxygens (including phenoxy) is 1. The van der Waals surface area contributed by atoms with Crippen molar-refractivity contribution < 1.29 is 23.9 Å². The molecular formula is C21H25N3O5. The zero-order chi connectivity index (χ0) is 21.5. The summed E-state index contributed by atoms with van der Waals surface area (Å²) >= 11 is 0. The van der Waals surface area contributed by atoms with Crippen LogP contribution in [0.4, 0.5) is 0 Å². The molecule has 154 valence electrons. The van der Waals surface area contributed by atoms with Gasteiger partial charge in [-0.3, -0.25) is 29.4 Å². The summed E-state index contributed by atoms with van der Waals surface area (Å²) in [6, 6.07) is 4.06. The Morgan fingerprint density at radius 2 is 1.93 bits per heavy atom. The molecule has 1 aromatic carbocycles. The van der Waals surface area contributed by atoms with Gasteiger partial charge in [0.1, 0.15) is 11.6 Å². The zero-order valence-corrected chi connectivity index (χ0v) is 17.1. The van der Waals surface area contributed by atoms with E-state index in [-0.39, 0.29) is 24.0 Å². The summed E-state index contributed by atoms with van der Waals surface area (Å²) in [5.41, 5.74) is 0.751. The summed E-state index contributed by atoms with van der Waals surface area (Å²) in [4.78, 5) is 52.3. The van der Waals surface area contributed by atoms with Gasteiger partial charge in [-0.25, -0.2) is 0 Å². The van der Waals surface area contributed by atoms with E-state index in [0.717, 1.165) is 4.90 Å². The first-order chi connectivity index (χ1) is 13.5. The van der Waals surface area contributed by atoms with Gasteiger partial charge in [0.2, 0.25) is 11.8 Å². The average Bonchev–Trinajstić information content (AvgIpc) is 2.86. The minimum Gasteiger partial charge on any atom is -0.474 e. The highest BCUT2D eigenvalue weighted by Crippen LogP contribution is 2.31. The van der Waals surface area contributed by atoms with Crippen LogP contribution in [0.2, 0.25) is 0 Å². The van der Waals surface area contributed by atoms with Gasteiger partial charge in [0.15, 0.2) is 5.88 Å². The maximum atomic E-state index is 13.1. The van der Waals surface area contributed by atoms with Crippen molar-refractivity contribution in [3.8, 4) is 0 Å². The van der Waals surface area contributed by atoms with Crippen molar-refractivity contribution in [3.63, 3.8) is 0 Å². The van der Waals surface area contributed by atoms with Crippen LogP contribution in [0.5, 0.6) is 0 Å². The summed E-state index contributed by atoms with van der Waals surface area (Å²) in [5.74, 6) is -1.63. The van der Waals surface area contributed by atoms with Crippen LogP contribution in [0, 0.1) is 0 Å². The summed E-state index contributed by atoms with van der Waals surface area (Å²) in [6.45, 7) is 9.96. The second-order valence-electron chi connectivity index (χ2n) is 8.25. The third kappa shape index (κ3) is 4.01. The fourth-order valence-corrected chi connectivity index (χ4v) is 3.49. The molecule has 0 aliphatic carbocycles. The highest BCUT2D eigenvalue weighted by atomic mass is 16.5. The molecule has 0 radical (unpaired) electrons. The molecule has 1 saturated heterocycles. The lowest BCUT2D eigenvalue weighted by molar-refractivity contribution is -0.136. The zero-order valence-electron chi connectivity index (χ0n) is 17.1. The Morgan fingerprint density at radius 3 is 2.55 bits per heavy atom. The maximum Gasteiger partial charge on any atom is 0.262 e. The van der Waals surface area contributed by atoms with Gasteiger partial charge in [0.05, 0.1) is 11.1 Å². The van der Waals surface area contributed by atoms with Gasteiger partial charge in [0, 0.05) is 20.0 Å². The Labute approximate surface area is 169 Å². The predicted molar refractivity (Wildman–Crippen MR) is 105 cm³/mol. The Kier molecular flexibility index (Phi) is 5.21. The van der Waals surface area contributed by atoms with Gasteiger partial charge >= 0.3 is 0 Å². The molecule has 4 amide bonds. The number of rotatable bonds is 5. The quantitative estimate of drug-likeness (QED) is 0.599. The molecule has 2 aliphatic heterocycles. The number of nitrogens with zero attached hydrogens (tertiary/aromatic N) is 2. The molecule has 1 atom stereocenters. The lowest BCUT2D eigenvalue weighted by Gasteiger charge is -2.29. The lowest BCUT2D eigenvalue weighted by atomic mass is 10.0. The van der Waals surface area contributed by atoms with Gasteiger partial charge in [-0.05, 0) is 45.4 Å². The first-order valence-electron chi connectivity index (χ1n) is 9.42. The van der Waals surface area contributed by atoms with E-state index in [1.165, 1.54) is 0 Å². The highest BCUT2D eigenvalue weighted by molar-refractivity contribution is 6.24. The van der Waals surface area contributed by atoms with Crippen LogP contribution in [0.1, 0.15) is 59.9 Å². The van der Waals surface area contributed by atoms with Gasteiger partial charge in [-0.15, -0.1) is 0 Å². The number of hydrogen-bond donors (Lipinski definition) is 1. The first kappa shape index (κ1) is 20.6. The Bertz CT molecular complexity index is 915. The molecule has 0 bridgehead atoms. The van der Waals surface area contributed by atoms with Crippen LogP contribution in [0.25, 0.3) is 0 Å². The third-order valence-corrected chi connectivity index (χ3v) is 4.81. The van der Waals surface area contributed by atoms with E-state index in [4.69, 9.17) is 4.74 Å². The molecule has 2 heterocycles. The molecular weight excluding hydrogens is 374 g/mol. The van der Waals surface area contributed by atoms with Gasteiger partial charge < -0.3 is 9.64 Å². The summed E-state index contributed by atoms with van der Waals surface area (Å²) < 4.78 is 5.76. The molecule has 0 spiro atoms. The van der Waals surface area contributed by atoms with Crippen molar-refractivity contribution in [2.45, 2.75) is 51.8 Å². The normalized spacial score (nSPS) is 19.2. The van der Waals surface area contributed by atoms with E-state index in [2.05, 4.69) is 11.9 Å². The summed E-state index contributed by atoms with van der Waals surface area (Å²) in [5, 5.41) is 2.20. The number of fused-ring (bicyclic) bond motifs is 1. The number of imide groups is 2. The molecule has 1 unspecified atom stereocenters. The monoisotopic (exact) mass is 399 g/mol. The largest absolute Gasteiger partial charge is 0.474 e. The van der Waals surface area contributed by atoms with Gasteiger partial charge in [0.25, 0.3) is 11.8 Å². The minimum absolute atomic E-state index is 0.0867. The number of carbonyl (C=O) groups is 4. The molecule has 8 nitrogen and oxygen atoms in total. The summed E-state index contributed by atoms with van der Waals surface area (Å²) in [6.07, 6.45) is 0.213. The fourth-order valence-electron chi connectivity index (χ4n) is 3.49. The van der Waals surface area contributed by atoms with Crippen LogP contribution in [0.15, 0.2) is 30.7 Å². The second-order valence-corrected chi connectivity index (χ2v) is 8.25. The topological polar surface area (TPSA) is 96.0 Å². The number of carbonyl (C=O) groups excluding carboxylic acids is 4. The number of piperidine rings is 1. The Hall–Kier alpha value is -3.16. The molecule has 1 aromatic rings. The van der Waals surface area contributed by atoms with Crippen molar-refractivity contribution in [2.24, 2.45) is 0 Å². The van der Waals surface area contributed by atoms with Crippen LogP contribution in [-0.2, 0) is 20.9 Å². The molecule has 2 aliphatic rings. The van der Waals surface area contributed by atoms with E-state index >= 15 is 0 Å². The van der Waals surface area contributed by atoms with E-state index in [1.54, 1.807) is 30.1 Å². The van der Waals surface area contributed by atoms with Crippen molar-refractivity contribution in [1.29, 1.82) is 0 Å². The number of nitrogens with one attached hydrogen (secondary N) is 1. The van der Waals surface area contributed by atoms with Gasteiger partial charge in [-0.1, -0.05) is 12.1 Å². The van der Waals surface area contributed by atoms with E-state index in [1.807, 2.05) is 20.8 Å². The molecule has 3 rings (SSSR count). The van der Waals surface area contributed by atoms with Crippen LogP contribution < -0.4 is 5.32 Å². The van der Waals surface area contributed by atoms with Crippen LogP contribution in [-0.4, -0.2) is 52.1 Å². The number of benzene rings is 1. The fraction of sp³-hybridized carbons (Fsp3) is 0.429. The summed E-state index contributed by atoms with van der Waals surface area (Å²) in [7, 11) is 1.78. The van der Waals surface area contributed by atoms with Crippen molar-refractivity contribution in [3.05, 3.63) is 47.4 Å². The second kappa shape index (κ2) is 7.35. The number of hydrogen-bond acceptors (Lipinski definition) is 6. The average molecular weight is 399 g/mol. The molecule has 0 aromatic heterocycles. The Morgan fingerprint density at radius 1 is 1.24 bits per heavy atom. The smallest absolute Gasteiger partial charge is 0.262 e. The number of amides is 4. The molecule has 8 heteroatoms. The molecule has 0 saturated carbocycles. The first-order valence-corrected chi connectivity index (χ1v) is 9.42. The Balaban J connectivity index is 1.86. The highest BCUT2D eigenvalue weighted by Gasteiger charge is 2.45. The van der Waals surface area contributed by atoms with Crippen molar-refractivity contribution >= 4 is 23.6 Å². The minimum atomic E-state index is -0.982. The van der Waals surface area contributed by atoms with Gasteiger partial charge in [-0.2, -0.15) is 0 Å². The maximum absolute atomic E-state index is 13.1. The molecule has 1 N–H and O–H groups in total. The van der Waals surface area contributed by atoms with E-state index in [0.29, 0.717) is 18.0 Å². The van der Waals surface area contributed by atoms with E-state index in [9.17, 15) is 19.2 Å². The SMILES string of the molecule is C=C(OC(C)(C)C)N(C)Cc1cccc2c1C(=O)N(C1CCC(=O)NC1=O)C2=O. The standard InChI is InChI=1S/C21H25N3O5/c1-12(29-21(2,3)4)23(5)11-13-7-6-8-14-17(13)20(28)24(19(14)27)15-9-10-16(25)22-18(15)26/h6-8,15H,1,9-11H2,2-5H3,(H,22,25,26). The van der Waals surface area contributed by atoms with Crippen molar-refractivity contribution in [1.82, 2.24) is 15.1 Å². The van der Waals surface area contributed by atoms with Crippen LogP contribution in [0.3, 0.4) is 0 Å². The van der Waals surface area contributed by atoms with Crippen LogP contribution >= 0.6 is 0 Å².